The molecule has 0 aliphatic carbocycles. The highest BCUT2D eigenvalue weighted by molar-refractivity contribution is 5.95. The van der Waals surface area contributed by atoms with Crippen molar-refractivity contribution >= 4 is 17.2 Å². The lowest BCUT2D eigenvalue weighted by Crippen LogP contribution is -2.05. The Morgan fingerprint density at radius 3 is 2.44 bits per heavy atom. The number of rotatable bonds is 3. The van der Waals surface area contributed by atoms with Crippen LogP contribution < -0.4 is 0 Å². The van der Waals surface area contributed by atoms with Crippen molar-refractivity contribution in [3.8, 4) is 0 Å². The van der Waals surface area contributed by atoms with Gasteiger partial charge in [0, 0.05) is 17.2 Å². The van der Waals surface area contributed by atoms with Gasteiger partial charge in [0.05, 0.1) is 10.5 Å². The van der Waals surface area contributed by atoms with Crippen molar-refractivity contribution in [3.63, 3.8) is 0 Å². The van der Waals surface area contributed by atoms with Gasteiger partial charge in [-0.1, -0.05) is 6.58 Å². The molecule has 0 amide bonds. The summed E-state index contributed by atoms with van der Waals surface area (Å²) < 4.78 is 0. The Morgan fingerprint density at radius 1 is 1.50 bits per heavy atom. The molecule has 1 aromatic rings. The van der Waals surface area contributed by atoms with Gasteiger partial charge in [-0.05, 0) is 25.5 Å². The van der Waals surface area contributed by atoms with Gasteiger partial charge < -0.3 is 5.11 Å². The zero-order chi connectivity index (χ0) is 12.5. The highest BCUT2D eigenvalue weighted by atomic mass is 16.6. The summed E-state index contributed by atoms with van der Waals surface area (Å²) in [5, 5.41) is 19.7. The Morgan fingerprint density at radius 2 is 2.06 bits per heavy atom. The second-order valence-electron chi connectivity index (χ2n) is 3.47. The van der Waals surface area contributed by atoms with Gasteiger partial charge in [0.1, 0.15) is 0 Å². The molecule has 0 atom stereocenters. The van der Waals surface area contributed by atoms with Gasteiger partial charge in [0.25, 0.3) is 5.69 Å². The van der Waals surface area contributed by atoms with E-state index in [2.05, 4.69) is 6.58 Å². The third-order valence-electron chi connectivity index (χ3n) is 2.29. The second kappa shape index (κ2) is 4.14. The minimum absolute atomic E-state index is 0.0376. The molecule has 0 aromatic heterocycles. The monoisotopic (exact) mass is 221 g/mol. The molecule has 0 fully saturated rings. The van der Waals surface area contributed by atoms with Crippen LogP contribution in [0.4, 0.5) is 5.69 Å². The Hall–Kier alpha value is -2.17. The van der Waals surface area contributed by atoms with Crippen LogP contribution in [0, 0.1) is 17.0 Å². The van der Waals surface area contributed by atoms with Crippen molar-refractivity contribution in [2.45, 2.75) is 13.8 Å². The molecule has 1 aromatic carbocycles. The lowest BCUT2D eigenvalue weighted by atomic mass is 9.95. The number of carboxylic acids is 1. The Labute approximate surface area is 92.2 Å². The van der Waals surface area contributed by atoms with Gasteiger partial charge in [0.15, 0.2) is 0 Å². The summed E-state index contributed by atoms with van der Waals surface area (Å²) in [4.78, 5) is 21.1. The van der Waals surface area contributed by atoms with E-state index in [1.807, 2.05) is 0 Å². The van der Waals surface area contributed by atoms with Crippen LogP contribution in [0.15, 0.2) is 18.7 Å². The molecule has 84 valence electrons. The smallest absolute Gasteiger partial charge is 0.336 e. The van der Waals surface area contributed by atoms with Gasteiger partial charge in [0.2, 0.25) is 0 Å². The van der Waals surface area contributed by atoms with Crippen LogP contribution in [0.1, 0.15) is 28.4 Å². The van der Waals surface area contributed by atoms with E-state index in [-0.39, 0.29) is 11.3 Å². The van der Waals surface area contributed by atoms with Crippen molar-refractivity contribution in [3.05, 3.63) is 45.5 Å². The molecule has 0 saturated heterocycles. The fourth-order valence-corrected chi connectivity index (χ4v) is 1.63. The number of aromatic carboxylic acids is 1. The first-order chi connectivity index (χ1) is 7.36. The SMILES string of the molecule is C=C(C)c1c(C(=O)O)ccc([N+](=O)[O-])c1C. The molecule has 0 radical (unpaired) electrons. The number of hydrogen-bond donors (Lipinski definition) is 1. The first-order valence-corrected chi connectivity index (χ1v) is 4.53. The Kier molecular flexibility index (Phi) is 3.08. The maximum atomic E-state index is 10.9. The van der Waals surface area contributed by atoms with Gasteiger partial charge in [-0.15, -0.1) is 0 Å². The van der Waals surface area contributed by atoms with E-state index < -0.39 is 10.9 Å². The molecular weight excluding hydrogens is 210 g/mol. The van der Waals surface area contributed by atoms with E-state index in [0.29, 0.717) is 16.7 Å². The number of nitro benzene ring substituents is 1. The molecule has 5 heteroatoms. The molecule has 0 heterocycles. The lowest BCUT2D eigenvalue weighted by molar-refractivity contribution is -0.385. The Balaban J connectivity index is 3.60. The molecule has 1 N–H and O–H groups in total. The number of benzene rings is 1. The minimum atomic E-state index is -1.11. The summed E-state index contributed by atoms with van der Waals surface area (Å²) >= 11 is 0. The number of allylic oxidation sites excluding steroid dienone is 1. The topological polar surface area (TPSA) is 80.4 Å². The van der Waals surface area contributed by atoms with Crippen molar-refractivity contribution in [2.24, 2.45) is 0 Å². The maximum absolute atomic E-state index is 10.9. The number of hydrogen-bond acceptors (Lipinski definition) is 3. The average Bonchev–Trinajstić information content (AvgIpc) is 2.15. The van der Waals surface area contributed by atoms with Gasteiger partial charge in [-0.2, -0.15) is 0 Å². The molecule has 5 nitrogen and oxygen atoms in total. The van der Waals surface area contributed by atoms with E-state index in [4.69, 9.17) is 5.11 Å². The third kappa shape index (κ3) is 1.93. The van der Waals surface area contributed by atoms with Crippen molar-refractivity contribution < 1.29 is 14.8 Å². The van der Waals surface area contributed by atoms with Gasteiger partial charge in [-0.25, -0.2) is 4.79 Å². The summed E-state index contributed by atoms with van der Waals surface area (Å²) in [6.07, 6.45) is 0. The standard InChI is InChI=1S/C11H11NO4/c1-6(2)10-7(3)9(12(15)16)5-4-8(10)11(13)14/h4-5H,1H2,2-3H3,(H,13,14). The molecule has 1 rings (SSSR count). The third-order valence-corrected chi connectivity index (χ3v) is 2.29. The van der Waals surface area contributed by atoms with Gasteiger partial charge in [-0.3, -0.25) is 10.1 Å². The van der Waals surface area contributed by atoms with Crippen LogP contribution in [0.5, 0.6) is 0 Å². The van der Waals surface area contributed by atoms with Crippen molar-refractivity contribution in [1.82, 2.24) is 0 Å². The summed E-state index contributed by atoms with van der Waals surface area (Å²) in [5.41, 5.74) is 1.11. The number of nitro groups is 1. The zero-order valence-corrected chi connectivity index (χ0v) is 8.98. The molecule has 0 spiro atoms. The number of carbonyl (C=O) groups is 1. The zero-order valence-electron chi connectivity index (χ0n) is 8.98. The van der Waals surface area contributed by atoms with Crippen molar-refractivity contribution in [2.75, 3.05) is 0 Å². The molecule has 16 heavy (non-hydrogen) atoms. The Bertz CT molecular complexity index is 491. The van der Waals surface area contributed by atoms with Crippen molar-refractivity contribution in [1.29, 1.82) is 0 Å². The predicted molar refractivity (Wildman–Crippen MR) is 59.5 cm³/mol. The van der Waals surface area contributed by atoms with E-state index in [1.165, 1.54) is 19.1 Å². The summed E-state index contributed by atoms with van der Waals surface area (Å²) in [6.45, 7) is 6.79. The summed E-state index contributed by atoms with van der Waals surface area (Å²) in [7, 11) is 0. The molecule has 0 aliphatic heterocycles. The predicted octanol–water partition coefficient (Wildman–Crippen LogP) is 2.63. The molecule has 0 saturated carbocycles. The average molecular weight is 221 g/mol. The first kappa shape index (κ1) is 11.9. The van der Waals surface area contributed by atoms with Crippen LogP contribution in [0.3, 0.4) is 0 Å². The van der Waals surface area contributed by atoms with E-state index >= 15 is 0 Å². The highest BCUT2D eigenvalue weighted by Crippen LogP contribution is 2.29. The molecular formula is C11H11NO4. The lowest BCUT2D eigenvalue weighted by Gasteiger charge is -2.09. The van der Waals surface area contributed by atoms with E-state index in [0.717, 1.165) is 0 Å². The number of carboxylic acid groups (broad SMARTS) is 1. The second-order valence-corrected chi connectivity index (χ2v) is 3.47. The van der Waals surface area contributed by atoms with Crippen LogP contribution in [-0.4, -0.2) is 16.0 Å². The minimum Gasteiger partial charge on any atom is -0.478 e. The van der Waals surface area contributed by atoms with E-state index in [1.54, 1.807) is 6.92 Å². The quantitative estimate of drug-likeness (QED) is 0.628. The normalized spacial score (nSPS) is 9.88. The first-order valence-electron chi connectivity index (χ1n) is 4.53. The molecule has 0 unspecified atom stereocenters. The fraction of sp³-hybridized carbons (Fsp3) is 0.182. The summed E-state index contributed by atoms with van der Waals surface area (Å²) in [5.74, 6) is -1.11. The fourth-order valence-electron chi connectivity index (χ4n) is 1.63. The largest absolute Gasteiger partial charge is 0.478 e. The summed E-state index contributed by atoms with van der Waals surface area (Å²) in [6, 6.07) is 2.43. The van der Waals surface area contributed by atoms with Crippen LogP contribution >= 0.6 is 0 Å². The maximum Gasteiger partial charge on any atom is 0.336 e. The van der Waals surface area contributed by atoms with Crippen LogP contribution in [0.2, 0.25) is 0 Å². The number of nitrogens with zero attached hydrogens (tertiary/aromatic N) is 1. The van der Waals surface area contributed by atoms with Gasteiger partial charge >= 0.3 is 5.97 Å². The van der Waals surface area contributed by atoms with Crippen LogP contribution in [-0.2, 0) is 0 Å². The molecule has 0 bridgehead atoms. The highest BCUT2D eigenvalue weighted by Gasteiger charge is 2.20. The van der Waals surface area contributed by atoms with E-state index in [9.17, 15) is 14.9 Å². The molecule has 0 aliphatic rings. The van der Waals surface area contributed by atoms with Crippen LogP contribution in [0.25, 0.3) is 5.57 Å².